The number of nitrogens with two attached hydrogens (primary N) is 1. The molecule has 0 aliphatic carbocycles. The molecule has 82 valence electrons. The van der Waals surface area contributed by atoms with Gasteiger partial charge in [0.1, 0.15) is 0 Å². The van der Waals surface area contributed by atoms with Crippen LogP contribution in [0.5, 0.6) is 0 Å². The number of anilines is 2. The molecule has 1 heterocycles. The van der Waals surface area contributed by atoms with Crippen molar-refractivity contribution in [3.05, 3.63) is 24.3 Å². The molecule has 3 heteroatoms. The maximum absolute atomic E-state index is 5.70. The number of nitrogen functional groups attached to an aromatic ring is 1. The van der Waals surface area contributed by atoms with Crippen LogP contribution >= 0.6 is 0 Å². The van der Waals surface area contributed by atoms with E-state index in [-0.39, 0.29) is 0 Å². The van der Waals surface area contributed by atoms with Gasteiger partial charge in [0, 0.05) is 24.5 Å². The third-order valence-electron chi connectivity index (χ3n) is 2.68. The average molecular weight is 206 g/mol. The Balaban J connectivity index is 2.12. The highest BCUT2D eigenvalue weighted by Crippen LogP contribution is 2.21. The number of ether oxygens (including phenoxy) is 1. The molecule has 2 unspecified atom stereocenters. The number of hydrogen-bond acceptors (Lipinski definition) is 3. The molecule has 0 bridgehead atoms. The number of morpholine rings is 1. The van der Waals surface area contributed by atoms with Gasteiger partial charge in [-0.3, -0.25) is 0 Å². The van der Waals surface area contributed by atoms with Gasteiger partial charge in [0.25, 0.3) is 0 Å². The fraction of sp³-hybridized carbons (Fsp3) is 0.500. The maximum atomic E-state index is 5.70. The number of hydrogen-bond donors (Lipinski definition) is 1. The summed E-state index contributed by atoms with van der Waals surface area (Å²) in [6.07, 6.45) is 0.595. The molecule has 2 atom stereocenters. The highest BCUT2D eigenvalue weighted by Gasteiger charge is 2.21. The van der Waals surface area contributed by atoms with Crippen molar-refractivity contribution in [1.82, 2.24) is 0 Å². The van der Waals surface area contributed by atoms with E-state index in [1.807, 2.05) is 12.1 Å². The second-order valence-corrected chi connectivity index (χ2v) is 4.25. The summed E-state index contributed by atoms with van der Waals surface area (Å²) in [5.41, 5.74) is 7.71. The Labute approximate surface area is 90.8 Å². The lowest BCUT2D eigenvalue weighted by molar-refractivity contribution is -0.00521. The lowest BCUT2D eigenvalue weighted by atomic mass is 10.2. The summed E-state index contributed by atoms with van der Waals surface area (Å²) < 4.78 is 5.70. The van der Waals surface area contributed by atoms with E-state index in [4.69, 9.17) is 10.5 Å². The fourth-order valence-electron chi connectivity index (χ4n) is 2.07. The molecule has 0 radical (unpaired) electrons. The third kappa shape index (κ3) is 2.42. The minimum absolute atomic E-state index is 0.298. The maximum Gasteiger partial charge on any atom is 0.0726 e. The molecule has 0 saturated carbocycles. The monoisotopic (exact) mass is 206 g/mol. The molecular formula is C12H18N2O. The van der Waals surface area contributed by atoms with Crippen LogP contribution in [-0.4, -0.2) is 25.3 Å². The molecule has 1 aliphatic rings. The quantitative estimate of drug-likeness (QED) is 0.713. The molecule has 0 aromatic heterocycles. The normalized spacial score (nSPS) is 26.7. The van der Waals surface area contributed by atoms with E-state index in [0.29, 0.717) is 12.2 Å². The molecule has 0 amide bonds. The van der Waals surface area contributed by atoms with E-state index in [2.05, 4.69) is 30.9 Å². The van der Waals surface area contributed by atoms with Gasteiger partial charge in [-0.2, -0.15) is 0 Å². The van der Waals surface area contributed by atoms with Crippen molar-refractivity contribution in [3.63, 3.8) is 0 Å². The van der Waals surface area contributed by atoms with Crippen LogP contribution in [0.15, 0.2) is 24.3 Å². The van der Waals surface area contributed by atoms with Gasteiger partial charge in [0.15, 0.2) is 0 Å². The van der Waals surface area contributed by atoms with Crippen molar-refractivity contribution in [3.8, 4) is 0 Å². The van der Waals surface area contributed by atoms with Gasteiger partial charge < -0.3 is 15.4 Å². The largest absolute Gasteiger partial charge is 0.399 e. The summed E-state index contributed by atoms with van der Waals surface area (Å²) in [6.45, 7) is 6.13. The summed E-state index contributed by atoms with van der Waals surface area (Å²) in [4.78, 5) is 2.35. The van der Waals surface area contributed by atoms with E-state index in [9.17, 15) is 0 Å². The first-order valence-electron chi connectivity index (χ1n) is 5.41. The molecular weight excluding hydrogens is 188 g/mol. The van der Waals surface area contributed by atoms with Gasteiger partial charge in [0.2, 0.25) is 0 Å². The molecule has 3 nitrogen and oxygen atoms in total. The smallest absolute Gasteiger partial charge is 0.0726 e. The van der Waals surface area contributed by atoms with Crippen LogP contribution in [0, 0.1) is 0 Å². The number of benzene rings is 1. The van der Waals surface area contributed by atoms with Gasteiger partial charge >= 0.3 is 0 Å². The fourth-order valence-corrected chi connectivity index (χ4v) is 2.07. The number of nitrogens with zero attached hydrogens (tertiary/aromatic N) is 1. The van der Waals surface area contributed by atoms with Crippen LogP contribution < -0.4 is 10.6 Å². The predicted octanol–water partition coefficient (Wildman–Crippen LogP) is 1.88. The first kappa shape index (κ1) is 10.3. The molecule has 15 heavy (non-hydrogen) atoms. The van der Waals surface area contributed by atoms with Gasteiger partial charge in [-0.1, -0.05) is 0 Å². The lowest BCUT2D eigenvalue weighted by Gasteiger charge is -2.36. The Morgan fingerprint density at radius 1 is 1.13 bits per heavy atom. The second kappa shape index (κ2) is 4.11. The van der Waals surface area contributed by atoms with E-state index in [0.717, 1.165) is 18.8 Å². The molecule has 1 aliphatic heterocycles. The first-order chi connectivity index (χ1) is 7.15. The second-order valence-electron chi connectivity index (χ2n) is 4.25. The van der Waals surface area contributed by atoms with Crippen molar-refractivity contribution in [2.75, 3.05) is 23.7 Å². The SMILES string of the molecule is CC1CN(c2ccc(N)cc2)CC(C)O1. The summed E-state index contributed by atoms with van der Waals surface area (Å²) in [7, 11) is 0. The molecule has 1 fully saturated rings. The van der Waals surface area contributed by atoms with Crippen LogP contribution in [-0.2, 0) is 4.74 Å². The van der Waals surface area contributed by atoms with E-state index < -0.39 is 0 Å². The van der Waals surface area contributed by atoms with Gasteiger partial charge in [0.05, 0.1) is 12.2 Å². The Morgan fingerprint density at radius 3 is 2.20 bits per heavy atom. The third-order valence-corrected chi connectivity index (χ3v) is 2.68. The number of rotatable bonds is 1. The summed E-state index contributed by atoms with van der Waals surface area (Å²) in [5, 5.41) is 0. The van der Waals surface area contributed by atoms with Crippen molar-refractivity contribution in [1.29, 1.82) is 0 Å². The van der Waals surface area contributed by atoms with Crippen LogP contribution in [0.25, 0.3) is 0 Å². The van der Waals surface area contributed by atoms with Crippen molar-refractivity contribution in [2.45, 2.75) is 26.1 Å². The van der Waals surface area contributed by atoms with Crippen LogP contribution in [0.4, 0.5) is 11.4 Å². The zero-order valence-electron chi connectivity index (χ0n) is 9.31. The van der Waals surface area contributed by atoms with Crippen molar-refractivity contribution < 1.29 is 4.74 Å². The molecule has 2 rings (SSSR count). The van der Waals surface area contributed by atoms with Crippen molar-refractivity contribution >= 4 is 11.4 Å². The molecule has 0 spiro atoms. The predicted molar refractivity (Wildman–Crippen MR) is 63.1 cm³/mol. The Morgan fingerprint density at radius 2 is 1.67 bits per heavy atom. The van der Waals surface area contributed by atoms with Crippen LogP contribution in [0.3, 0.4) is 0 Å². The Hall–Kier alpha value is -1.22. The standard InChI is InChI=1S/C12H18N2O/c1-9-7-14(8-10(2)15-9)12-5-3-11(13)4-6-12/h3-6,9-10H,7-8,13H2,1-2H3. The minimum Gasteiger partial charge on any atom is -0.399 e. The lowest BCUT2D eigenvalue weighted by Crippen LogP contribution is -2.45. The molecule has 1 aromatic carbocycles. The zero-order valence-corrected chi connectivity index (χ0v) is 9.31. The van der Waals surface area contributed by atoms with Gasteiger partial charge in [-0.15, -0.1) is 0 Å². The summed E-state index contributed by atoms with van der Waals surface area (Å²) >= 11 is 0. The van der Waals surface area contributed by atoms with E-state index >= 15 is 0 Å². The molecule has 2 N–H and O–H groups in total. The zero-order chi connectivity index (χ0) is 10.8. The minimum atomic E-state index is 0.298. The first-order valence-corrected chi connectivity index (χ1v) is 5.41. The van der Waals surface area contributed by atoms with E-state index in [1.54, 1.807) is 0 Å². The van der Waals surface area contributed by atoms with Crippen molar-refractivity contribution in [2.24, 2.45) is 0 Å². The summed E-state index contributed by atoms with van der Waals surface area (Å²) in [6, 6.07) is 8.03. The highest BCUT2D eigenvalue weighted by molar-refractivity contribution is 5.53. The van der Waals surface area contributed by atoms with Gasteiger partial charge in [-0.05, 0) is 38.1 Å². The Bertz CT molecular complexity index is 313. The average Bonchev–Trinajstić information content (AvgIpc) is 2.17. The van der Waals surface area contributed by atoms with E-state index in [1.165, 1.54) is 5.69 Å². The van der Waals surface area contributed by atoms with Gasteiger partial charge in [-0.25, -0.2) is 0 Å². The van der Waals surface area contributed by atoms with Crippen LogP contribution in [0.2, 0.25) is 0 Å². The topological polar surface area (TPSA) is 38.5 Å². The summed E-state index contributed by atoms with van der Waals surface area (Å²) in [5.74, 6) is 0. The highest BCUT2D eigenvalue weighted by atomic mass is 16.5. The molecule has 1 aromatic rings. The van der Waals surface area contributed by atoms with Crippen LogP contribution in [0.1, 0.15) is 13.8 Å². The molecule has 1 saturated heterocycles. The Kier molecular flexibility index (Phi) is 2.82.